The monoisotopic (exact) mass is 276 g/mol. The first-order valence-electron chi connectivity index (χ1n) is 7.74. The van der Waals surface area contributed by atoms with Crippen LogP contribution >= 0.6 is 0 Å². The predicted molar refractivity (Wildman–Crippen MR) is 84.0 cm³/mol. The van der Waals surface area contributed by atoms with E-state index in [1.807, 2.05) is 0 Å². The molecule has 0 spiro atoms. The summed E-state index contributed by atoms with van der Waals surface area (Å²) >= 11 is 0. The molecular formula is C17H28N2O. The van der Waals surface area contributed by atoms with Gasteiger partial charge in [0.05, 0.1) is 13.2 Å². The number of nitrogens with zero attached hydrogens (tertiary/aromatic N) is 1. The van der Waals surface area contributed by atoms with Crippen molar-refractivity contribution in [1.82, 2.24) is 10.2 Å². The minimum atomic E-state index is 0.185. The Bertz CT molecular complexity index is 411. The van der Waals surface area contributed by atoms with Gasteiger partial charge in [0.1, 0.15) is 0 Å². The summed E-state index contributed by atoms with van der Waals surface area (Å²) in [5.74, 6) is 0. The van der Waals surface area contributed by atoms with E-state index in [4.69, 9.17) is 4.74 Å². The van der Waals surface area contributed by atoms with Crippen LogP contribution in [0.3, 0.4) is 0 Å². The van der Waals surface area contributed by atoms with E-state index in [-0.39, 0.29) is 5.54 Å². The molecule has 0 atom stereocenters. The Morgan fingerprint density at radius 3 is 2.45 bits per heavy atom. The normalized spacial score (nSPS) is 17.4. The van der Waals surface area contributed by atoms with Gasteiger partial charge in [0.2, 0.25) is 0 Å². The van der Waals surface area contributed by atoms with Gasteiger partial charge in [-0.15, -0.1) is 0 Å². The maximum absolute atomic E-state index is 5.44. The second kappa shape index (κ2) is 7.21. The summed E-state index contributed by atoms with van der Waals surface area (Å²) in [4.78, 5) is 2.52. The Morgan fingerprint density at radius 2 is 1.80 bits per heavy atom. The maximum atomic E-state index is 5.44. The Kier molecular flexibility index (Phi) is 5.58. The van der Waals surface area contributed by atoms with Crippen molar-refractivity contribution in [3.05, 3.63) is 35.4 Å². The van der Waals surface area contributed by atoms with Crippen molar-refractivity contribution >= 4 is 0 Å². The molecule has 2 rings (SSSR count). The second-order valence-corrected chi connectivity index (χ2v) is 6.14. The Hall–Kier alpha value is -0.900. The van der Waals surface area contributed by atoms with Crippen LogP contribution in [0.4, 0.5) is 0 Å². The lowest BCUT2D eigenvalue weighted by Crippen LogP contribution is -2.54. The van der Waals surface area contributed by atoms with Gasteiger partial charge in [-0.2, -0.15) is 0 Å². The molecule has 112 valence electrons. The molecule has 1 aromatic carbocycles. The Labute approximate surface area is 123 Å². The molecular weight excluding hydrogens is 248 g/mol. The molecule has 1 aliphatic rings. The van der Waals surface area contributed by atoms with Crippen molar-refractivity contribution in [3.8, 4) is 0 Å². The Balaban J connectivity index is 1.85. The minimum absolute atomic E-state index is 0.185. The van der Waals surface area contributed by atoms with Gasteiger partial charge in [0.15, 0.2) is 0 Å². The van der Waals surface area contributed by atoms with Gasteiger partial charge in [0.25, 0.3) is 0 Å². The molecule has 1 aromatic rings. The quantitative estimate of drug-likeness (QED) is 0.864. The fourth-order valence-electron chi connectivity index (χ4n) is 2.86. The summed E-state index contributed by atoms with van der Waals surface area (Å²) in [5, 5.41) is 3.63. The van der Waals surface area contributed by atoms with E-state index < -0.39 is 0 Å². The molecule has 0 saturated carbocycles. The van der Waals surface area contributed by atoms with E-state index >= 15 is 0 Å². The maximum Gasteiger partial charge on any atom is 0.0594 e. The first-order valence-corrected chi connectivity index (χ1v) is 7.74. The number of hydrogen-bond donors (Lipinski definition) is 1. The van der Waals surface area contributed by atoms with Crippen molar-refractivity contribution in [2.75, 3.05) is 32.8 Å². The smallest absolute Gasteiger partial charge is 0.0594 e. The number of nitrogens with one attached hydrogen (secondary N) is 1. The van der Waals surface area contributed by atoms with E-state index in [0.717, 1.165) is 45.8 Å². The van der Waals surface area contributed by atoms with Gasteiger partial charge >= 0.3 is 0 Å². The van der Waals surface area contributed by atoms with E-state index in [1.165, 1.54) is 11.1 Å². The highest BCUT2D eigenvalue weighted by atomic mass is 16.5. The van der Waals surface area contributed by atoms with E-state index in [1.54, 1.807) is 0 Å². The third-order valence-corrected chi connectivity index (χ3v) is 4.24. The highest BCUT2D eigenvalue weighted by Gasteiger charge is 2.27. The zero-order valence-corrected chi connectivity index (χ0v) is 13.1. The SMILES string of the molecule is CCc1ccccc1CNCC(C)(C)N1CCOCC1. The standard InChI is InChI=1S/C17H28N2O/c1-4-15-7-5-6-8-16(15)13-18-14-17(2,3)19-9-11-20-12-10-19/h5-8,18H,4,9-14H2,1-3H3. The van der Waals surface area contributed by atoms with E-state index in [9.17, 15) is 0 Å². The number of rotatable bonds is 6. The van der Waals surface area contributed by atoms with Crippen molar-refractivity contribution in [1.29, 1.82) is 0 Å². The third kappa shape index (κ3) is 4.05. The Morgan fingerprint density at radius 1 is 1.15 bits per heavy atom. The number of ether oxygens (including phenoxy) is 1. The van der Waals surface area contributed by atoms with Crippen LogP contribution in [0.5, 0.6) is 0 Å². The van der Waals surface area contributed by atoms with Gasteiger partial charge < -0.3 is 10.1 Å². The van der Waals surface area contributed by atoms with Gasteiger partial charge in [-0.1, -0.05) is 31.2 Å². The van der Waals surface area contributed by atoms with Gasteiger partial charge in [-0.3, -0.25) is 4.90 Å². The lowest BCUT2D eigenvalue weighted by Gasteiger charge is -2.41. The van der Waals surface area contributed by atoms with Crippen LogP contribution < -0.4 is 5.32 Å². The molecule has 3 nitrogen and oxygen atoms in total. The fraction of sp³-hybridized carbons (Fsp3) is 0.647. The molecule has 3 heteroatoms. The number of benzene rings is 1. The van der Waals surface area contributed by atoms with Gasteiger partial charge in [-0.05, 0) is 31.4 Å². The molecule has 1 fully saturated rings. The molecule has 0 aromatic heterocycles. The lowest BCUT2D eigenvalue weighted by atomic mass is 10.0. The molecule has 1 heterocycles. The van der Waals surface area contributed by atoms with Crippen LogP contribution in [-0.4, -0.2) is 43.3 Å². The summed E-state index contributed by atoms with van der Waals surface area (Å²) in [6.07, 6.45) is 1.10. The summed E-state index contributed by atoms with van der Waals surface area (Å²) in [5.41, 5.74) is 3.06. The average molecular weight is 276 g/mol. The largest absolute Gasteiger partial charge is 0.379 e. The van der Waals surface area contributed by atoms with Gasteiger partial charge in [-0.25, -0.2) is 0 Å². The van der Waals surface area contributed by atoms with Crippen LogP contribution in [0.25, 0.3) is 0 Å². The number of morpholine rings is 1. The van der Waals surface area contributed by atoms with Crippen molar-refractivity contribution in [2.24, 2.45) is 0 Å². The molecule has 1 N–H and O–H groups in total. The first-order chi connectivity index (χ1) is 9.63. The van der Waals surface area contributed by atoms with Crippen LogP contribution in [0.15, 0.2) is 24.3 Å². The summed E-state index contributed by atoms with van der Waals surface area (Å²) in [6, 6.07) is 8.71. The summed E-state index contributed by atoms with van der Waals surface area (Å²) in [6.45, 7) is 12.6. The molecule has 20 heavy (non-hydrogen) atoms. The second-order valence-electron chi connectivity index (χ2n) is 6.14. The molecule has 1 aliphatic heterocycles. The molecule has 0 aliphatic carbocycles. The summed E-state index contributed by atoms with van der Waals surface area (Å²) < 4.78 is 5.44. The van der Waals surface area contributed by atoms with Crippen molar-refractivity contribution in [3.63, 3.8) is 0 Å². The first kappa shape index (κ1) is 15.5. The van der Waals surface area contributed by atoms with Crippen LogP contribution in [0, 0.1) is 0 Å². The van der Waals surface area contributed by atoms with Crippen LogP contribution in [0.2, 0.25) is 0 Å². The third-order valence-electron chi connectivity index (χ3n) is 4.24. The minimum Gasteiger partial charge on any atom is -0.379 e. The average Bonchev–Trinajstić information content (AvgIpc) is 2.48. The molecule has 0 bridgehead atoms. The number of aryl methyl sites for hydroxylation is 1. The van der Waals surface area contributed by atoms with Crippen LogP contribution in [0.1, 0.15) is 31.9 Å². The molecule has 0 radical (unpaired) electrons. The fourth-order valence-corrected chi connectivity index (χ4v) is 2.86. The zero-order chi connectivity index (χ0) is 14.4. The van der Waals surface area contributed by atoms with E-state index in [2.05, 4.69) is 55.3 Å². The zero-order valence-electron chi connectivity index (χ0n) is 13.1. The van der Waals surface area contributed by atoms with Crippen molar-refractivity contribution in [2.45, 2.75) is 39.3 Å². The predicted octanol–water partition coefficient (Wildman–Crippen LogP) is 2.45. The van der Waals surface area contributed by atoms with Crippen molar-refractivity contribution < 1.29 is 4.74 Å². The molecule has 0 amide bonds. The molecule has 1 saturated heterocycles. The summed E-state index contributed by atoms with van der Waals surface area (Å²) in [7, 11) is 0. The molecule has 0 unspecified atom stereocenters. The lowest BCUT2D eigenvalue weighted by molar-refractivity contribution is -0.00967. The topological polar surface area (TPSA) is 24.5 Å². The van der Waals surface area contributed by atoms with Gasteiger partial charge in [0, 0.05) is 31.7 Å². The highest BCUT2D eigenvalue weighted by molar-refractivity contribution is 5.26. The number of hydrogen-bond acceptors (Lipinski definition) is 3. The van der Waals surface area contributed by atoms with E-state index in [0.29, 0.717) is 0 Å². The highest BCUT2D eigenvalue weighted by Crippen LogP contribution is 2.16. The van der Waals surface area contributed by atoms with Crippen LogP contribution in [-0.2, 0) is 17.7 Å².